The van der Waals surface area contributed by atoms with Crippen molar-refractivity contribution in [2.24, 2.45) is 0 Å². The van der Waals surface area contributed by atoms with Crippen molar-refractivity contribution < 1.29 is 14.2 Å². The van der Waals surface area contributed by atoms with Crippen molar-refractivity contribution in [1.82, 2.24) is 0 Å². The summed E-state index contributed by atoms with van der Waals surface area (Å²) in [7, 11) is 3.43. The van der Waals surface area contributed by atoms with E-state index in [1.165, 1.54) is 22.3 Å². The fourth-order valence-corrected chi connectivity index (χ4v) is 7.80. The van der Waals surface area contributed by atoms with Gasteiger partial charge >= 0.3 is 0 Å². The Morgan fingerprint density at radius 1 is 0.800 bits per heavy atom. The van der Waals surface area contributed by atoms with E-state index >= 15 is 0 Å². The first kappa shape index (κ1) is 28.7. The molecule has 1 heterocycles. The van der Waals surface area contributed by atoms with Gasteiger partial charge in [-0.1, -0.05) is 75.4 Å². The molecule has 0 radical (unpaired) electrons. The van der Waals surface area contributed by atoms with E-state index in [4.69, 9.17) is 14.2 Å². The Hall–Kier alpha value is -5.01. The molecule has 1 atom stereocenters. The number of hydrogen-bond donors (Lipinski definition) is 0. The molecule has 1 aliphatic heterocycles. The number of aryl methyl sites for hydroxylation is 1. The van der Waals surface area contributed by atoms with E-state index in [1.54, 1.807) is 14.2 Å². The van der Waals surface area contributed by atoms with Crippen molar-refractivity contribution in [3.05, 3.63) is 130 Å². The van der Waals surface area contributed by atoms with Gasteiger partial charge in [-0.15, -0.1) is 0 Å². The molecular formula is C41H37NO3. The molecule has 7 rings (SSSR count). The summed E-state index contributed by atoms with van der Waals surface area (Å²) in [5.41, 5.74) is 8.85. The van der Waals surface area contributed by atoms with Crippen molar-refractivity contribution in [2.75, 3.05) is 14.2 Å². The number of fused-ring (bicyclic) bond motifs is 8. The Balaban J connectivity index is 1.61. The molecule has 2 aliphatic rings. The number of nitrogens with zero attached hydrogens (tertiary/aromatic N) is 1. The van der Waals surface area contributed by atoms with Crippen molar-refractivity contribution in [2.45, 2.75) is 51.0 Å². The SMILES string of the molecule is CCc1cc2c3c(c4c(c2cc1OC)OC(c1ccccc1)(c1ccc(OC)cc1)C=C4)C(CC)(CC)c1cc(C#N)ccc1-3. The normalized spacial score (nSPS) is 17.2. The second-order valence-corrected chi connectivity index (χ2v) is 12.0. The van der Waals surface area contributed by atoms with E-state index in [0.29, 0.717) is 5.56 Å². The summed E-state index contributed by atoms with van der Waals surface area (Å²) in [6.45, 7) is 6.70. The predicted octanol–water partition coefficient (Wildman–Crippen LogP) is 9.73. The summed E-state index contributed by atoms with van der Waals surface area (Å²) < 4.78 is 18.9. The Bertz CT molecular complexity index is 2010. The molecule has 1 aliphatic carbocycles. The number of nitriles is 1. The van der Waals surface area contributed by atoms with Crippen molar-refractivity contribution in [3.63, 3.8) is 0 Å². The monoisotopic (exact) mass is 591 g/mol. The Morgan fingerprint density at radius 2 is 1.53 bits per heavy atom. The third-order valence-electron chi connectivity index (χ3n) is 10.2. The second-order valence-electron chi connectivity index (χ2n) is 12.0. The third kappa shape index (κ3) is 4.03. The van der Waals surface area contributed by atoms with Crippen LogP contribution >= 0.6 is 0 Å². The second kappa shape index (κ2) is 10.9. The number of methoxy groups -OCH3 is 2. The molecule has 4 heteroatoms. The van der Waals surface area contributed by atoms with Gasteiger partial charge in [0.25, 0.3) is 0 Å². The van der Waals surface area contributed by atoms with E-state index in [9.17, 15) is 5.26 Å². The molecular weight excluding hydrogens is 554 g/mol. The first-order valence-electron chi connectivity index (χ1n) is 15.8. The smallest absolute Gasteiger partial charge is 0.178 e. The summed E-state index contributed by atoms with van der Waals surface area (Å²) in [4.78, 5) is 0. The molecule has 1 unspecified atom stereocenters. The van der Waals surface area contributed by atoms with Gasteiger partial charge in [-0.2, -0.15) is 5.26 Å². The molecule has 0 N–H and O–H groups in total. The van der Waals surface area contributed by atoms with E-state index < -0.39 is 5.60 Å². The van der Waals surface area contributed by atoms with Gasteiger partial charge in [0.15, 0.2) is 5.60 Å². The summed E-state index contributed by atoms with van der Waals surface area (Å²) in [5, 5.41) is 12.1. The highest BCUT2D eigenvalue weighted by Gasteiger charge is 2.47. The van der Waals surface area contributed by atoms with Crippen LogP contribution in [0.25, 0.3) is 28.0 Å². The molecule has 0 fully saturated rings. The minimum Gasteiger partial charge on any atom is -0.497 e. The molecule has 0 bridgehead atoms. The van der Waals surface area contributed by atoms with Gasteiger partial charge in [0.2, 0.25) is 0 Å². The van der Waals surface area contributed by atoms with Crippen LogP contribution in [0.2, 0.25) is 0 Å². The van der Waals surface area contributed by atoms with Crippen LogP contribution in [0.3, 0.4) is 0 Å². The van der Waals surface area contributed by atoms with Gasteiger partial charge in [0.1, 0.15) is 17.2 Å². The quantitative estimate of drug-likeness (QED) is 0.189. The highest BCUT2D eigenvalue weighted by Crippen LogP contribution is 2.61. The topological polar surface area (TPSA) is 51.5 Å². The molecule has 224 valence electrons. The maximum absolute atomic E-state index is 9.90. The van der Waals surface area contributed by atoms with Crippen LogP contribution in [0.1, 0.15) is 72.6 Å². The van der Waals surface area contributed by atoms with Crippen molar-refractivity contribution in [3.8, 4) is 34.4 Å². The zero-order valence-electron chi connectivity index (χ0n) is 26.5. The Morgan fingerprint density at radius 3 is 2.18 bits per heavy atom. The van der Waals surface area contributed by atoms with Crippen LogP contribution in [-0.4, -0.2) is 14.2 Å². The summed E-state index contributed by atoms with van der Waals surface area (Å²) >= 11 is 0. The molecule has 5 aromatic rings. The molecule has 4 nitrogen and oxygen atoms in total. The van der Waals surface area contributed by atoms with Gasteiger partial charge < -0.3 is 14.2 Å². The van der Waals surface area contributed by atoms with E-state index in [-0.39, 0.29) is 5.41 Å². The lowest BCUT2D eigenvalue weighted by atomic mass is 9.70. The molecule has 0 saturated heterocycles. The van der Waals surface area contributed by atoms with Crippen molar-refractivity contribution in [1.29, 1.82) is 5.26 Å². The lowest BCUT2D eigenvalue weighted by Crippen LogP contribution is -2.35. The highest BCUT2D eigenvalue weighted by molar-refractivity contribution is 6.09. The zero-order valence-corrected chi connectivity index (χ0v) is 26.5. The fourth-order valence-electron chi connectivity index (χ4n) is 7.80. The number of hydrogen-bond acceptors (Lipinski definition) is 4. The Kier molecular flexibility index (Phi) is 6.94. The van der Waals surface area contributed by atoms with Crippen molar-refractivity contribution >= 4 is 16.8 Å². The van der Waals surface area contributed by atoms with Crippen LogP contribution in [0.4, 0.5) is 0 Å². The lowest BCUT2D eigenvalue weighted by Gasteiger charge is -2.39. The highest BCUT2D eigenvalue weighted by atomic mass is 16.5. The van der Waals surface area contributed by atoms with Crippen LogP contribution in [0.5, 0.6) is 17.2 Å². The minimum absolute atomic E-state index is 0.261. The fraction of sp³-hybridized carbons (Fsp3) is 0.244. The largest absolute Gasteiger partial charge is 0.497 e. The lowest BCUT2D eigenvalue weighted by molar-refractivity contribution is 0.163. The first-order chi connectivity index (χ1) is 22.0. The Labute approximate surface area is 265 Å². The van der Waals surface area contributed by atoms with E-state index in [0.717, 1.165) is 69.5 Å². The van der Waals surface area contributed by atoms with Gasteiger partial charge in [-0.05, 0) is 94.9 Å². The van der Waals surface area contributed by atoms with Gasteiger partial charge in [0, 0.05) is 27.5 Å². The summed E-state index contributed by atoms with van der Waals surface area (Å²) in [6, 6.07) is 31.7. The van der Waals surface area contributed by atoms with Gasteiger partial charge in [-0.25, -0.2) is 0 Å². The van der Waals surface area contributed by atoms with E-state index in [1.807, 2.05) is 24.3 Å². The average Bonchev–Trinajstić information content (AvgIpc) is 3.41. The van der Waals surface area contributed by atoms with Gasteiger partial charge in [0.05, 0.1) is 25.9 Å². The maximum atomic E-state index is 9.90. The number of rotatable bonds is 7. The zero-order chi connectivity index (χ0) is 31.3. The molecule has 0 aromatic heterocycles. The number of ether oxygens (including phenoxy) is 3. The van der Waals surface area contributed by atoms with Crippen LogP contribution in [0, 0.1) is 11.3 Å². The molecule has 0 amide bonds. The number of benzene rings is 5. The molecule has 5 aromatic carbocycles. The first-order valence-corrected chi connectivity index (χ1v) is 15.8. The summed E-state index contributed by atoms with van der Waals surface area (Å²) in [5.74, 6) is 2.51. The van der Waals surface area contributed by atoms with Crippen LogP contribution in [-0.2, 0) is 17.4 Å². The summed E-state index contributed by atoms with van der Waals surface area (Å²) in [6.07, 6.45) is 7.16. The average molecular weight is 592 g/mol. The maximum Gasteiger partial charge on any atom is 0.178 e. The van der Waals surface area contributed by atoms with Crippen LogP contribution in [0.15, 0.2) is 91.0 Å². The standard InChI is InChI=1S/C41H37NO3/c1-6-27-23-33-34(24-36(27)44-5)39-32(38-37(33)31-19-14-26(25-42)22-35(31)40(38,7-2)8-3)20-21-41(45-39,28-12-10-9-11-13-28)29-15-17-30(43-4)18-16-29/h9-24H,6-8H2,1-5H3. The minimum atomic E-state index is -0.862. The van der Waals surface area contributed by atoms with Gasteiger partial charge in [-0.3, -0.25) is 0 Å². The van der Waals surface area contributed by atoms with Crippen LogP contribution < -0.4 is 14.2 Å². The molecule has 45 heavy (non-hydrogen) atoms. The third-order valence-corrected chi connectivity index (χ3v) is 10.2. The molecule has 0 saturated carbocycles. The van der Waals surface area contributed by atoms with E-state index in [2.05, 4.69) is 99.7 Å². The molecule has 0 spiro atoms. The predicted molar refractivity (Wildman–Crippen MR) is 181 cm³/mol.